The minimum atomic E-state index is -3.82. The van der Waals surface area contributed by atoms with Crippen LogP contribution in [0.4, 0.5) is 14.4 Å². The number of esters is 1. The van der Waals surface area contributed by atoms with Gasteiger partial charge in [0.2, 0.25) is 45.4 Å². The van der Waals surface area contributed by atoms with E-state index < -0.39 is 104 Å². The van der Waals surface area contributed by atoms with E-state index in [0.29, 0.717) is 62.4 Å². The third-order valence-electron chi connectivity index (χ3n) is 24.2. The highest BCUT2D eigenvalue weighted by atomic mass is 32.2. The van der Waals surface area contributed by atoms with Crippen molar-refractivity contribution in [2.75, 3.05) is 88.3 Å². The van der Waals surface area contributed by atoms with Crippen molar-refractivity contribution >= 4 is 63.7 Å². The number of carboxylic acids is 1. The van der Waals surface area contributed by atoms with Gasteiger partial charge >= 0.3 is 48.1 Å². The van der Waals surface area contributed by atoms with E-state index in [1.807, 2.05) is 121 Å². The fourth-order valence-corrected chi connectivity index (χ4v) is 18.1. The van der Waals surface area contributed by atoms with Crippen LogP contribution in [0.5, 0.6) is 35.7 Å². The molecule has 6 aromatic rings. The Balaban J connectivity index is 0.000000153. The second kappa shape index (κ2) is 38.7. The van der Waals surface area contributed by atoms with Gasteiger partial charge in [0.05, 0.1) is 69.9 Å². The Bertz CT molecular complexity index is 5170. The van der Waals surface area contributed by atoms with Crippen LogP contribution in [-0.2, 0) is 43.5 Å². The Labute approximate surface area is 725 Å². The monoisotopic (exact) mass is 1740 g/mol. The topological polar surface area (TPSA) is 418 Å². The summed E-state index contributed by atoms with van der Waals surface area (Å²) >= 11 is 0. The zero-order valence-electron chi connectivity index (χ0n) is 71.2. The molecule has 4 aliphatic carbocycles. The minimum absolute atomic E-state index is 0.104. The molecule has 7 fully saturated rings. The highest BCUT2D eigenvalue weighted by molar-refractivity contribution is 7.91. The van der Waals surface area contributed by atoms with Crippen LogP contribution >= 0.6 is 0 Å². The fraction of sp³-hybridized carbons (Fsp3) is 0.494. The fourth-order valence-electron chi connectivity index (χ4n) is 16.8. The summed E-state index contributed by atoms with van der Waals surface area (Å²) in [5.74, 6) is -3.70. The number of fused-ring (bicyclic) bond motifs is 6. The number of sulfonamides is 1. The molecule has 35 nitrogen and oxygen atoms in total. The Morgan fingerprint density at radius 1 is 0.472 bits per heavy atom. The lowest BCUT2D eigenvalue weighted by Crippen LogP contribution is -2.57. The average molecular weight is 1740 g/mol. The van der Waals surface area contributed by atoms with Crippen LogP contribution in [-0.4, -0.2) is 273 Å². The van der Waals surface area contributed by atoms with E-state index in [2.05, 4.69) is 56.7 Å². The largest absolute Gasteiger partial charge is 0.479 e. The zero-order chi connectivity index (χ0) is 88.3. The molecule has 10 aliphatic rings. The smallest absolute Gasteiger partial charge is 0.332 e. The second-order valence-electron chi connectivity index (χ2n) is 33.2. The van der Waals surface area contributed by atoms with Crippen molar-refractivity contribution in [3.63, 3.8) is 0 Å². The highest BCUT2D eigenvalue weighted by Gasteiger charge is 2.65. The highest BCUT2D eigenvalue weighted by Crippen LogP contribution is 2.49. The number of nitrogens with one attached hydrogen (secondary N) is 4. The molecule has 0 radical (unpaired) electrons. The van der Waals surface area contributed by atoms with Crippen molar-refractivity contribution in [1.82, 2.24) is 80.0 Å². The van der Waals surface area contributed by atoms with Gasteiger partial charge in [0.15, 0.2) is 0 Å². The van der Waals surface area contributed by atoms with Crippen LogP contribution < -0.4 is 49.1 Å². The first-order chi connectivity index (χ1) is 60.2. The summed E-state index contributed by atoms with van der Waals surface area (Å²) in [5, 5.41) is 17.9. The van der Waals surface area contributed by atoms with Crippen molar-refractivity contribution in [3.8, 4) is 69.4 Å². The van der Waals surface area contributed by atoms with Gasteiger partial charge in [-0.05, 0) is 96.8 Å². The molecule has 12 atom stereocenters. The molecule has 4 saturated carbocycles. The molecule has 664 valence electrons. The zero-order valence-corrected chi connectivity index (χ0v) is 72.0. The number of urea groups is 3. The number of carbonyl (C=O) groups excluding carboxylic acids is 8. The number of aliphatic carboxylic acids is 1. The molecule has 3 aromatic heterocycles. The molecule has 0 unspecified atom stereocenters. The predicted molar refractivity (Wildman–Crippen MR) is 455 cm³/mol. The molecule has 16 rings (SSSR count). The lowest BCUT2D eigenvalue weighted by atomic mass is 10.1. The molecule has 9 heterocycles. The number of carboxylic acid groups (broad SMARTS) is 1. The van der Waals surface area contributed by atoms with Gasteiger partial charge in [-0.15, -0.1) is 0 Å². The van der Waals surface area contributed by atoms with Crippen molar-refractivity contribution in [2.24, 2.45) is 17.8 Å². The molecule has 3 saturated heterocycles. The molecule has 0 spiro atoms. The van der Waals surface area contributed by atoms with E-state index in [4.69, 9.17) is 33.2 Å². The Morgan fingerprint density at radius 3 is 1.14 bits per heavy atom. The van der Waals surface area contributed by atoms with Crippen molar-refractivity contribution in [2.45, 2.75) is 174 Å². The number of methoxy groups -OCH3 is 3. The van der Waals surface area contributed by atoms with Crippen LogP contribution in [0.2, 0.25) is 0 Å². The minimum Gasteiger partial charge on any atom is -0.479 e. The van der Waals surface area contributed by atoms with E-state index >= 15 is 0 Å². The maximum Gasteiger partial charge on any atom is 0.332 e. The quantitative estimate of drug-likeness (QED) is 0.0400. The molecular weight excluding hydrogens is 1630 g/mol. The van der Waals surface area contributed by atoms with E-state index in [9.17, 15) is 56.7 Å². The van der Waals surface area contributed by atoms with Crippen LogP contribution in [0.25, 0.3) is 33.8 Å². The molecule has 0 bridgehead atoms. The van der Waals surface area contributed by atoms with E-state index in [1.165, 1.54) is 36.0 Å². The predicted octanol–water partition coefficient (Wildman–Crippen LogP) is 8.18. The summed E-state index contributed by atoms with van der Waals surface area (Å²) < 4.78 is 67.4. The number of nitrogens with zero attached hydrogens (tertiary/aromatic N) is 12. The summed E-state index contributed by atoms with van der Waals surface area (Å²) in [4.78, 5) is 156. The third kappa shape index (κ3) is 20.8. The maximum absolute atomic E-state index is 13.9. The van der Waals surface area contributed by atoms with E-state index in [-0.39, 0.29) is 123 Å². The molecule has 5 N–H and O–H groups in total. The molecule has 125 heavy (non-hydrogen) atoms. The van der Waals surface area contributed by atoms with Crippen molar-refractivity contribution < 1.29 is 89.8 Å². The van der Waals surface area contributed by atoms with E-state index in [1.54, 1.807) is 61.0 Å². The number of carbonyl (C=O) groups is 9. The summed E-state index contributed by atoms with van der Waals surface area (Å²) in [5.41, 5.74) is 0.516. The Kier molecular flexibility index (Phi) is 27.5. The van der Waals surface area contributed by atoms with Crippen molar-refractivity contribution in [3.05, 3.63) is 146 Å². The number of aromatic nitrogens is 6. The molecule has 6 aliphatic heterocycles. The van der Waals surface area contributed by atoms with Crippen LogP contribution in [0.1, 0.15) is 116 Å². The summed E-state index contributed by atoms with van der Waals surface area (Å²) in [6.45, 7) is 4.04. The number of amides is 10. The number of rotatable bonds is 18. The normalized spacial score (nSPS) is 27.7. The number of hydrogen-bond acceptors (Lipinski definition) is 24. The van der Waals surface area contributed by atoms with Crippen LogP contribution in [0.15, 0.2) is 146 Å². The third-order valence-corrected chi connectivity index (χ3v) is 26.1. The average Bonchev–Trinajstić information content (AvgIpc) is 1.56. The van der Waals surface area contributed by atoms with Gasteiger partial charge in [0, 0.05) is 113 Å². The van der Waals surface area contributed by atoms with Crippen LogP contribution in [0.3, 0.4) is 0 Å². The maximum atomic E-state index is 13.9. The molecular formula is C89H108N16O19S. The Hall–Kier alpha value is -12.5. The SMILES string of the molecule is CCOC(=O)[C@@]12C[C@H]1/C=C\CCCCN(C)C(=O)N1C[C@H](Oc3cc(-c4ccccc4)nc(OC)n3)C[C@H]1C(=O)N2.COc1nc(O[C@@H]2C[C@H]3C(=O)N[C@]4(C(=O)NS(=O)(=O)C5CC5)C[C@H]4/C=C\CCCCN(C)C(=O)N3C2)cc(-c2ccccc2)n1.COc1nc(O[C@@H]2C[C@H]3C(=O)N[C@]4(C(=O)O)C[C@H]4/C=C\CCCCN(C)C(=O)N3C2)cc(-c2ccccc2)n1. The van der Waals surface area contributed by atoms with Gasteiger partial charge in [-0.2, -0.15) is 29.9 Å². The van der Waals surface area contributed by atoms with Gasteiger partial charge in [-0.25, -0.2) is 32.4 Å². The molecule has 36 heteroatoms. The summed E-state index contributed by atoms with van der Waals surface area (Å²) in [6, 6.07) is 30.5. The Morgan fingerprint density at radius 2 is 0.800 bits per heavy atom. The van der Waals surface area contributed by atoms with Gasteiger partial charge < -0.3 is 83.6 Å². The lowest BCUT2D eigenvalue weighted by molar-refractivity contribution is -0.149. The van der Waals surface area contributed by atoms with Gasteiger partial charge in [0.1, 0.15) is 53.1 Å². The number of hydrogen-bond donors (Lipinski definition) is 5. The standard InChI is InChI=1S/C31H38N6O7S.C30H37N5O6.C28H33N5O6/c1-36-15-9-4-3-8-12-21-18-31(21,28(39)35-45(41,42)23-13-14-23)34-27(38)25-16-22(19-37(25)30(36)40)44-26-17-24(32-29(33-26)43-2)20-10-6-5-7-11-20;1-4-40-27(37)30-18-21(30)14-10-5-6-11-15-34(2)29(38)35-19-22(16-24(35)26(36)33-30)41-25-17-23(31-28(32-25)39-3)20-12-8-7-9-13-20;1-32-13-9-4-3-8-12-19-16-28(19,25(35)36)31-24(34)22-14-20(17-33(22)27(32)37)39-23-15-21(29-26(30-23)38-2)18-10-6-5-7-11-18/h5-8,10-12,17,21-23,25H,3-4,9,13-16,18-19H2,1-2H3,(H,34,38)(H,35,39);7-10,12-14,17,21-22,24H,4-6,11,15-16,18-19H2,1-3H3,(H,33,36);5-8,10-12,15,19-20,22H,3-4,9,13-14,16-17H2,1-2H3,(H,31,34)(H,35,36)/b12-8-;14-10-;12-8-/t21-,22-,25+,31-;21-,22-,24+,30-;19-,20-,22+,28-/m111/s1. The second-order valence-corrected chi connectivity index (χ2v) is 35.1. The lowest BCUT2D eigenvalue weighted by Gasteiger charge is -2.30. The van der Waals surface area contributed by atoms with E-state index in [0.717, 1.165) is 74.5 Å². The molecule has 3 aromatic carbocycles. The van der Waals surface area contributed by atoms with Crippen molar-refractivity contribution in [1.29, 1.82) is 0 Å². The van der Waals surface area contributed by atoms with Crippen LogP contribution in [0, 0.1) is 17.8 Å². The first-order valence-electron chi connectivity index (χ1n) is 42.7. The first kappa shape index (κ1) is 88.8. The van der Waals surface area contributed by atoms with Gasteiger partial charge in [0.25, 0.3) is 5.91 Å². The number of allylic oxidation sites excluding steroid dienone is 3. The summed E-state index contributed by atoms with van der Waals surface area (Å²) in [7, 11) is 5.74. The van der Waals surface area contributed by atoms with Gasteiger partial charge in [-0.3, -0.25) is 23.9 Å². The van der Waals surface area contributed by atoms with Gasteiger partial charge in [-0.1, -0.05) is 127 Å². The number of benzene rings is 3. The summed E-state index contributed by atoms with van der Waals surface area (Å²) in [6.07, 6.45) is 20.1. The number of ether oxygens (including phenoxy) is 7. The molecule has 10 amide bonds. The first-order valence-corrected chi connectivity index (χ1v) is 44.2.